The van der Waals surface area contributed by atoms with Gasteiger partial charge in [-0.2, -0.15) is 26.3 Å². The molecule has 2 amide bonds. The van der Waals surface area contributed by atoms with Crippen molar-refractivity contribution >= 4 is 29.2 Å². The molecule has 34 heavy (non-hydrogen) atoms. The Morgan fingerprint density at radius 1 is 0.794 bits per heavy atom. The molecule has 0 bridgehead atoms. The van der Waals surface area contributed by atoms with Crippen LogP contribution in [0.5, 0.6) is 0 Å². The molecule has 0 radical (unpaired) electrons. The summed E-state index contributed by atoms with van der Waals surface area (Å²) in [5, 5.41) is 18.0. The number of alkyl halides is 6. The van der Waals surface area contributed by atoms with E-state index >= 15 is 0 Å². The second-order valence-electron chi connectivity index (χ2n) is 6.75. The van der Waals surface area contributed by atoms with Crippen LogP contribution in [0, 0.1) is 0 Å². The zero-order chi connectivity index (χ0) is 24.8. The van der Waals surface area contributed by atoms with Crippen LogP contribution >= 0.6 is 0 Å². The molecule has 0 atom stereocenters. The summed E-state index contributed by atoms with van der Waals surface area (Å²) in [6.07, 6.45) is -8.42. The third-order valence-electron chi connectivity index (χ3n) is 4.15. The average molecular weight is 485 g/mol. The number of urea groups is 1. The molecule has 4 N–H and O–H groups in total. The Labute approximate surface area is 188 Å². The smallest absolute Gasteiger partial charge is 0.367 e. The predicted molar refractivity (Wildman–Crippen MR) is 112 cm³/mol. The number of aromatic nitrogens is 3. The van der Waals surface area contributed by atoms with Crippen LogP contribution in [0.1, 0.15) is 11.1 Å². The first-order valence-corrected chi connectivity index (χ1v) is 9.61. The molecule has 0 aliphatic carbocycles. The van der Waals surface area contributed by atoms with Gasteiger partial charge >= 0.3 is 18.4 Å². The van der Waals surface area contributed by atoms with E-state index in [1.807, 2.05) is 5.32 Å². The van der Waals surface area contributed by atoms with Crippen LogP contribution < -0.4 is 21.3 Å². The number of nitrogens with one attached hydrogen (secondary N) is 4. The highest BCUT2D eigenvalue weighted by molar-refractivity contribution is 5.89. The minimum absolute atomic E-state index is 0.00740. The highest BCUT2D eigenvalue weighted by atomic mass is 19.4. The van der Waals surface area contributed by atoms with Gasteiger partial charge in [0.15, 0.2) is 5.82 Å². The predicted octanol–water partition coefficient (Wildman–Crippen LogP) is 4.89. The molecular weight excluding hydrogens is 468 g/mol. The summed E-state index contributed by atoms with van der Waals surface area (Å²) < 4.78 is 77.4. The Hall–Kier alpha value is -4.10. The lowest BCUT2D eigenvalue weighted by Gasteiger charge is -2.15. The fourth-order valence-corrected chi connectivity index (χ4v) is 2.63. The summed E-state index contributed by atoms with van der Waals surface area (Å²) in [5.41, 5.74) is -3.70. The fraction of sp³-hybridized carbons (Fsp3) is 0.200. The molecule has 2 heterocycles. The van der Waals surface area contributed by atoms with E-state index in [1.165, 1.54) is 0 Å². The molecule has 0 aliphatic rings. The SMILES string of the molecule is O=C(NCCNc1ccc(Nc2ccccn2)nn1)Nc1cc(C(F)(F)F)cc(C(F)(F)F)c1. The maximum absolute atomic E-state index is 12.9. The lowest BCUT2D eigenvalue weighted by molar-refractivity contribution is -0.143. The number of amides is 2. The van der Waals surface area contributed by atoms with Crippen LogP contribution in [0.4, 0.5) is 54.3 Å². The molecular formula is C20H17F6N7O. The molecule has 0 aliphatic heterocycles. The topological polar surface area (TPSA) is 104 Å². The second kappa shape index (κ2) is 10.2. The van der Waals surface area contributed by atoms with Gasteiger partial charge in [0.2, 0.25) is 0 Å². The molecule has 3 aromatic rings. The molecule has 0 fully saturated rings. The van der Waals surface area contributed by atoms with Crippen molar-refractivity contribution in [2.75, 3.05) is 29.0 Å². The van der Waals surface area contributed by atoms with Gasteiger partial charge in [0.1, 0.15) is 11.6 Å². The summed E-state index contributed by atoms with van der Waals surface area (Å²) in [5.74, 6) is 1.40. The Morgan fingerprint density at radius 3 is 2.00 bits per heavy atom. The number of carbonyl (C=O) groups excluding carboxylic acids is 1. The standard InChI is InChI=1S/C20H17F6N7O/c21-19(22,23)12-9-13(20(24,25)26)11-14(10-12)30-18(34)29-8-7-28-16-4-5-17(33-32-16)31-15-3-1-2-6-27-15/h1-6,9-11H,7-8H2,(H,28,32)(H,27,31,33)(H2,29,30,34). The highest BCUT2D eigenvalue weighted by Crippen LogP contribution is 2.37. The van der Waals surface area contributed by atoms with E-state index in [9.17, 15) is 31.1 Å². The van der Waals surface area contributed by atoms with E-state index in [2.05, 4.69) is 31.1 Å². The number of benzene rings is 1. The number of hydrogen-bond donors (Lipinski definition) is 4. The minimum atomic E-state index is -5.01. The number of halogens is 6. The first kappa shape index (κ1) is 24.5. The van der Waals surface area contributed by atoms with Crippen molar-refractivity contribution in [3.8, 4) is 0 Å². The van der Waals surface area contributed by atoms with Crippen molar-refractivity contribution in [3.05, 3.63) is 65.9 Å². The minimum Gasteiger partial charge on any atom is -0.367 e. The quantitative estimate of drug-likeness (QED) is 0.281. The Kier molecular flexibility index (Phi) is 7.38. The van der Waals surface area contributed by atoms with Gasteiger partial charge in [-0.25, -0.2) is 9.78 Å². The Balaban J connectivity index is 1.49. The third-order valence-corrected chi connectivity index (χ3v) is 4.15. The fourth-order valence-electron chi connectivity index (χ4n) is 2.63. The molecule has 0 spiro atoms. The Bertz CT molecular complexity index is 1070. The van der Waals surface area contributed by atoms with E-state index in [1.54, 1.807) is 36.5 Å². The first-order valence-electron chi connectivity index (χ1n) is 9.61. The summed E-state index contributed by atoms with van der Waals surface area (Å²) >= 11 is 0. The van der Waals surface area contributed by atoms with Gasteiger partial charge in [-0.3, -0.25) is 0 Å². The van der Waals surface area contributed by atoms with E-state index < -0.39 is 35.2 Å². The molecule has 8 nitrogen and oxygen atoms in total. The number of pyridine rings is 1. The largest absolute Gasteiger partial charge is 0.416 e. The Morgan fingerprint density at radius 2 is 1.44 bits per heavy atom. The molecule has 0 saturated carbocycles. The number of rotatable bonds is 7. The van der Waals surface area contributed by atoms with Crippen LogP contribution in [0.3, 0.4) is 0 Å². The maximum atomic E-state index is 12.9. The van der Waals surface area contributed by atoms with Crippen LogP contribution in [-0.4, -0.2) is 34.3 Å². The van der Waals surface area contributed by atoms with E-state index in [0.717, 1.165) is 0 Å². The van der Waals surface area contributed by atoms with Crippen molar-refractivity contribution in [2.24, 2.45) is 0 Å². The van der Waals surface area contributed by atoms with E-state index in [0.29, 0.717) is 29.6 Å². The van der Waals surface area contributed by atoms with Crippen molar-refractivity contribution in [1.29, 1.82) is 0 Å². The van der Waals surface area contributed by atoms with Crippen molar-refractivity contribution < 1.29 is 31.1 Å². The monoisotopic (exact) mass is 485 g/mol. The van der Waals surface area contributed by atoms with Crippen molar-refractivity contribution in [3.63, 3.8) is 0 Å². The molecule has 3 rings (SSSR count). The van der Waals surface area contributed by atoms with Crippen LogP contribution in [0.2, 0.25) is 0 Å². The molecule has 2 aromatic heterocycles. The van der Waals surface area contributed by atoms with E-state index in [-0.39, 0.29) is 19.2 Å². The molecule has 0 unspecified atom stereocenters. The van der Waals surface area contributed by atoms with Gasteiger partial charge < -0.3 is 21.3 Å². The van der Waals surface area contributed by atoms with Gasteiger partial charge in [-0.1, -0.05) is 6.07 Å². The molecule has 0 saturated heterocycles. The molecule has 180 valence electrons. The summed E-state index contributed by atoms with van der Waals surface area (Å²) in [6, 6.07) is 8.39. The van der Waals surface area contributed by atoms with Crippen LogP contribution in [0.15, 0.2) is 54.7 Å². The van der Waals surface area contributed by atoms with Gasteiger partial charge in [0.05, 0.1) is 11.1 Å². The summed E-state index contributed by atoms with van der Waals surface area (Å²) in [6.45, 7) is 0.151. The number of anilines is 4. The van der Waals surface area contributed by atoms with Crippen LogP contribution in [0.25, 0.3) is 0 Å². The first-order chi connectivity index (χ1) is 16.0. The zero-order valence-electron chi connectivity index (χ0n) is 17.1. The van der Waals surface area contributed by atoms with Crippen molar-refractivity contribution in [1.82, 2.24) is 20.5 Å². The van der Waals surface area contributed by atoms with E-state index in [4.69, 9.17) is 0 Å². The lowest BCUT2D eigenvalue weighted by atomic mass is 10.1. The zero-order valence-corrected chi connectivity index (χ0v) is 17.1. The highest BCUT2D eigenvalue weighted by Gasteiger charge is 2.37. The van der Waals surface area contributed by atoms with Crippen LogP contribution in [-0.2, 0) is 12.4 Å². The maximum Gasteiger partial charge on any atom is 0.416 e. The van der Waals surface area contributed by atoms with Gasteiger partial charge in [-0.15, -0.1) is 10.2 Å². The normalized spacial score (nSPS) is 11.6. The van der Waals surface area contributed by atoms with Gasteiger partial charge in [-0.05, 0) is 42.5 Å². The number of carbonyl (C=O) groups is 1. The average Bonchev–Trinajstić information content (AvgIpc) is 2.77. The van der Waals surface area contributed by atoms with Gasteiger partial charge in [0, 0.05) is 25.0 Å². The third kappa shape index (κ3) is 7.21. The molecule has 1 aromatic carbocycles. The summed E-state index contributed by atoms with van der Waals surface area (Å²) in [4.78, 5) is 16.0. The van der Waals surface area contributed by atoms with Gasteiger partial charge in [0.25, 0.3) is 0 Å². The molecule has 14 heteroatoms. The number of hydrogen-bond acceptors (Lipinski definition) is 6. The number of nitrogens with zero attached hydrogens (tertiary/aromatic N) is 3. The second-order valence-corrected chi connectivity index (χ2v) is 6.75. The van der Waals surface area contributed by atoms with Crippen molar-refractivity contribution in [2.45, 2.75) is 12.4 Å². The lowest BCUT2D eigenvalue weighted by Crippen LogP contribution is -2.33. The summed E-state index contributed by atoms with van der Waals surface area (Å²) in [7, 11) is 0.